The van der Waals surface area contributed by atoms with Crippen molar-refractivity contribution < 1.29 is 4.79 Å². The van der Waals surface area contributed by atoms with Crippen LogP contribution in [0.15, 0.2) is 48.3 Å². The first kappa shape index (κ1) is 22.6. The number of aromatic nitrogens is 1. The summed E-state index contributed by atoms with van der Waals surface area (Å²) in [6.07, 6.45) is 9.56. The third-order valence-electron chi connectivity index (χ3n) is 5.88. The molecule has 0 bridgehead atoms. The number of carbonyl (C=O) groups excluding carboxylic acids is 1. The molecule has 3 N–H and O–H groups in total. The van der Waals surface area contributed by atoms with Crippen molar-refractivity contribution in [2.24, 2.45) is 0 Å². The molecule has 0 saturated carbocycles. The molecule has 164 valence electrons. The van der Waals surface area contributed by atoms with Gasteiger partial charge in [0, 0.05) is 36.9 Å². The molecule has 2 aliphatic rings. The van der Waals surface area contributed by atoms with Gasteiger partial charge in [-0.25, -0.2) is 0 Å². The molecule has 1 fully saturated rings. The normalized spacial score (nSPS) is 18.9. The molecule has 0 radical (unpaired) electrons. The van der Waals surface area contributed by atoms with Crippen LogP contribution in [0, 0.1) is 10.8 Å². The van der Waals surface area contributed by atoms with E-state index in [-0.39, 0.29) is 11.4 Å². The second-order valence-corrected chi connectivity index (χ2v) is 8.96. The van der Waals surface area contributed by atoms with E-state index < -0.39 is 0 Å². The summed E-state index contributed by atoms with van der Waals surface area (Å²) in [5.74, 6) is 0.522. The number of pyridine rings is 1. The van der Waals surface area contributed by atoms with Gasteiger partial charge in [-0.05, 0) is 69.5 Å². The fraction of sp³-hybridized carbons (Fsp3) is 0.417. The average Bonchev–Trinajstić information content (AvgIpc) is 2.98. The summed E-state index contributed by atoms with van der Waals surface area (Å²) >= 11 is 0. The summed E-state index contributed by atoms with van der Waals surface area (Å²) in [6, 6.07) is 1.86. The minimum Gasteiger partial charge on any atom is -0.321 e. The van der Waals surface area contributed by atoms with E-state index in [9.17, 15) is 4.79 Å². The maximum atomic E-state index is 12.5. The number of nitrogens with one attached hydrogen (secondary N) is 3. The van der Waals surface area contributed by atoms with Gasteiger partial charge in [-0.1, -0.05) is 18.7 Å². The third-order valence-corrected chi connectivity index (χ3v) is 5.88. The molecule has 0 atom stereocenters. The molecule has 3 rings (SSSR count). The van der Waals surface area contributed by atoms with E-state index >= 15 is 0 Å². The van der Waals surface area contributed by atoms with Crippen molar-refractivity contribution in [1.82, 2.24) is 20.1 Å². The molecule has 0 unspecified atom stereocenters. The second kappa shape index (κ2) is 8.98. The number of nitrogens with zero attached hydrogens (tertiary/aromatic N) is 3. The van der Waals surface area contributed by atoms with Gasteiger partial charge in [0.1, 0.15) is 17.4 Å². The van der Waals surface area contributed by atoms with E-state index in [1.807, 2.05) is 13.0 Å². The SMILES string of the molecule is C=C(/C=C\C=C(/C)C(=N)N1C(=N)CCC1(C)C)NC(=O)c1cc2c(cn1)CCN(C)C2. The van der Waals surface area contributed by atoms with Crippen LogP contribution >= 0.6 is 0 Å². The number of carbonyl (C=O) groups is 1. The largest absolute Gasteiger partial charge is 0.321 e. The van der Waals surface area contributed by atoms with Crippen molar-refractivity contribution in [2.45, 2.75) is 52.1 Å². The summed E-state index contributed by atoms with van der Waals surface area (Å²) in [7, 11) is 2.07. The lowest BCUT2D eigenvalue weighted by Gasteiger charge is -2.33. The van der Waals surface area contributed by atoms with Crippen LogP contribution in [0.3, 0.4) is 0 Å². The van der Waals surface area contributed by atoms with E-state index in [2.05, 4.69) is 42.7 Å². The van der Waals surface area contributed by atoms with Crippen LogP contribution in [0.25, 0.3) is 0 Å². The number of allylic oxidation sites excluding steroid dienone is 3. The molecule has 0 aliphatic carbocycles. The first-order chi connectivity index (χ1) is 14.6. The molecule has 0 spiro atoms. The Morgan fingerprint density at radius 2 is 2.06 bits per heavy atom. The molecule has 3 heterocycles. The molecule has 31 heavy (non-hydrogen) atoms. The van der Waals surface area contributed by atoms with Crippen LogP contribution in [0.2, 0.25) is 0 Å². The second-order valence-electron chi connectivity index (χ2n) is 8.96. The van der Waals surface area contributed by atoms with Crippen molar-refractivity contribution in [1.29, 1.82) is 10.8 Å². The Bertz CT molecular complexity index is 988. The summed E-state index contributed by atoms with van der Waals surface area (Å²) in [5.41, 5.74) is 3.70. The number of rotatable bonds is 5. The van der Waals surface area contributed by atoms with E-state index in [1.165, 1.54) is 5.56 Å². The van der Waals surface area contributed by atoms with Gasteiger partial charge in [0.2, 0.25) is 0 Å². The van der Waals surface area contributed by atoms with Crippen molar-refractivity contribution in [3.63, 3.8) is 0 Å². The van der Waals surface area contributed by atoms with Crippen LogP contribution in [0.1, 0.15) is 55.2 Å². The Morgan fingerprint density at radius 1 is 1.32 bits per heavy atom. The van der Waals surface area contributed by atoms with E-state index in [4.69, 9.17) is 10.8 Å². The zero-order valence-corrected chi connectivity index (χ0v) is 18.9. The van der Waals surface area contributed by atoms with Crippen LogP contribution < -0.4 is 5.32 Å². The lowest BCUT2D eigenvalue weighted by molar-refractivity contribution is 0.0962. The van der Waals surface area contributed by atoms with Crippen molar-refractivity contribution >= 4 is 17.6 Å². The van der Waals surface area contributed by atoms with E-state index in [1.54, 1.807) is 29.3 Å². The van der Waals surface area contributed by atoms with E-state index in [0.29, 0.717) is 29.5 Å². The molecule has 1 aromatic rings. The smallest absolute Gasteiger partial charge is 0.274 e. The van der Waals surface area contributed by atoms with Crippen LogP contribution in [0.4, 0.5) is 0 Å². The summed E-state index contributed by atoms with van der Waals surface area (Å²) < 4.78 is 0. The molecular formula is C24H32N6O. The summed E-state index contributed by atoms with van der Waals surface area (Å²) in [5, 5.41) is 19.4. The zero-order valence-electron chi connectivity index (χ0n) is 18.9. The number of likely N-dealkylation sites (N-methyl/N-ethyl adjacent to an activating group) is 1. The third kappa shape index (κ3) is 5.17. The first-order valence-corrected chi connectivity index (χ1v) is 10.6. The molecule has 7 heteroatoms. The van der Waals surface area contributed by atoms with Crippen molar-refractivity contribution in [2.75, 3.05) is 13.6 Å². The van der Waals surface area contributed by atoms with Gasteiger partial charge in [-0.15, -0.1) is 0 Å². The number of hydrogen-bond acceptors (Lipinski definition) is 5. The quantitative estimate of drug-likeness (QED) is 0.385. The lowest BCUT2D eigenvalue weighted by atomic mass is 10.0. The number of hydrogen-bond donors (Lipinski definition) is 3. The van der Waals surface area contributed by atoms with Gasteiger partial charge in [-0.2, -0.15) is 0 Å². The molecule has 1 amide bonds. The minimum absolute atomic E-state index is 0.221. The maximum Gasteiger partial charge on any atom is 0.274 e. The standard InChI is InChI=1S/C24H32N6O/c1-16(22(26)30-21(25)9-11-24(30,3)4)7-6-8-17(2)28-23(31)20-13-19-15-29(5)12-10-18(19)14-27-20/h6-8,13-14,25-26H,2,9-12,15H2,1,3-5H3,(H,28,31)/b8-6-,16-7+,25-21?,26-22?. The molecule has 1 aromatic heterocycles. The van der Waals surface area contributed by atoms with Crippen LogP contribution in [-0.4, -0.2) is 51.5 Å². The summed E-state index contributed by atoms with van der Waals surface area (Å²) in [4.78, 5) is 20.9. The molecular weight excluding hydrogens is 388 g/mol. The zero-order chi connectivity index (χ0) is 22.8. The molecule has 1 saturated heterocycles. The van der Waals surface area contributed by atoms with E-state index in [0.717, 1.165) is 37.1 Å². The fourth-order valence-electron chi connectivity index (χ4n) is 3.97. The number of fused-ring (bicyclic) bond motifs is 1. The molecule has 0 aromatic carbocycles. The fourth-order valence-corrected chi connectivity index (χ4v) is 3.97. The van der Waals surface area contributed by atoms with Crippen LogP contribution in [0.5, 0.6) is 0 Å². The Labute approximate surface area is 184 Å². The highest BCUT2D eigenvalue weighted by atomic mass is 16.1. The Balaban J connectivity index is 1.60. The highest BCUT2D eigenvalue weighted by Gasteiger charge is 2.37. The van der Waals surface area contributed by atoms with Gasteiger partial charge in [0.05, 0.1) is 0 Å². The van der Waals surface area contributed by atoms with Gasteiger partial charge >= 0.3 is 0 Å². The number of amidine groups is 2. The predicted molar refractivity (Wildman–Crippen MR) is 124 cm³/mol. The Kier molecular flexibility index (Phi) is 6.55. The Hall–Kier alpha value is -3.06. The van der Waals surface area contributed by atoms with Gasteiger partial charge < -0.3 is 15.1 Å². The maximum absolute atomic E-state index is 12.5. The molecule has 2 aliphatic heterocycles. The Morgan fingerprint density at radius 3 is 2.74 bits per heavy atom. The molecule has 7 nitrogen and oxygen atoms in total. The van der Waals surface area contributed by atoms with Crippen molar-refractivity contribution in [3.05, 3.63) is 65.2 Å². The minimum atomic E-state index is -0.286. The van der Waals surface area contributed by atoms with Gasteiger partial charge in [0.15, 0.2) is 0 Å². The highest BCUT2D eigenvalue weighted by Crippen LogP contribution is 2.31. The topological polar surface area (TPSA) is 96.2 Å². The lowest BCUT2D eigenvalue weighted by Crippen LogP contribution is -2.44. The van der Waals surface area contributed by atoms with Crippen LogP contribution in [-0.2, 0) is 13.0 Å². The predicted octanol–water partition coefficient (Wildman–Crippen LogP) is 3.64. The van der Waals surface area contributed by atoms with Gasteiger partial charge in [0.25, 0.3) is 5.91 Å². The van der Waals surface area contributed by atoms with Gasteiger partial charge in [-0.3, -0.25) is 20.6 Å². The highest BCUT2D eigenvalue weighted by molar-refractivity contribution is 6.08. The van der Waals surface area contributed by atoms with Crippen molar-refractivity contribution in [3.8, 4) is 0 Å². The summed E-state index contributed by atoms with van der Waals surface area (Å²) in [6.45, 7) is 11.7. The number of likely N-dealkylation sites (tertiary alicyclic amines) is 1. The average molecular weight is 421 g/mol. The first-order valence-electron chi connectivity index (χ1n) is 10.6. The monoisotopic (exact) mass is 420 g/mol. The number of amides is 1.